The quantitative estimate of drug-likeness (QED) is 0.582. The Bertz CT molecular complexity index is 637. The number of fused-ring (bicyclic) bond motifs is 2. The Kier molecular flexibility index (Phi) is 3.24. The average Bonchev–Trinajstić information content (AvgIpc) is 3.04. The number of carbonyl (C=O) groups is 1. The fourth-order valence-electron chi connectivity index (χ4n) is 3.42. The fraction of sp³-hybridized carbons (Fsp3) is 0.429. The fourth-order valence-corrected chi connectivity index (χ4v) is 3.42. The van der Waals surface area contributed by atoms with E-state index in [-0.39, 0.29) is 10.5 Å². The van der Waals surface area contributed by atoms with E-state index in [1.54, 1.807) is 0 Å². The zero-order valence-electron chi connectivity index (χ0n) is 11.4. The summed E-state index contributed by atoms with van der Waals surface area (Å²) in [6.07, 6.45) is -7.27. The highest BCUT2D eigenvalue weighted by Gasteiger charge is 2.81. The Morgan fingerprint density at radius 1 is 1.09 bits per heavy atom. The second-order valence-corrected chi connectivity index (χ2v) is 5.47. The Morgan fingerprint density at radius 3 is 2.17 bits per heavy atom. The van der Waals surface area contributed by atoms with Crippen molar-refractivity contribution in [1.29, 1.82) is 0 Å². The second kappa shape index (κ2) is 4.72. The zero-order valence-corrected chi connectivity index (χ0v) is 11.4. The summed E-state index contributed by atoms with van der Waals surface area (Å²) in [4.78, 5) is 16.0. The lowest BCUT2D eigenvalue weighted by molar-refractivity contribution is -0.336. The monoisotopic (exact) mass is 336 g/mol. The van der Waals surface area contributed by atoms with Crippen LogP contribution in [0.5, 0.6) is 0 Å². The lowest BCUT2D eigenvalue weighted by Gasteiger charge is -2.46. The number of aromatic nitrogens is 1. The van der Waals surface area contributed by atoms with Crippen LogP contribution in [0.3, 0.4) is 0 Å². The highest BCUT2D eigenvalue weighted by molar-refractivity contribution is 5.95. The summed E-state index contributed by atoms with van der Waals surface area (Å²) < 4.78 is 81.2. The van der Waals surface area contributed by atoms with Crippen LogP contribution in [0.25, 0.3) is 0 Å². The van der Waals surface area contributed by atoms with E-state index < -0.39 is 42.2 Å². The molecule has 2 aliphatic rings. The van der Waals surface area contributed by atoms with Gasteiger partial charge in [0.25, 0.3) is 5.91 Å². The normalized spacial score (nSPS) is 25.9. The third kappa shape index (κ3) is 1.98. The SMILES string of the molecule is O=C(c1ccncc1)N1[C@H]2C=C[C@@H](C2)C1(C(F)(F)F)C(F)(F)F. The number of nitrogens with zero attached hydrogens (tertiary/aromatic N) is 2. The van der Waals surface area contributed by atoms with Crippen LogP contribution in [0.1, 0.15) is 16.8 Å². The highest BCUT2D eigenvalue weighted by atomic mass is 19.4. The third-order valence-electron chi connectivity index (χ3n) is 4.32. The second-order valence-electron chi connectivity index (χ2n) is 5.47. The van der Waals surface area contributed by atoms with E-state index >= 15 is 0 Å². The van der Waals surface area contributed by atoms with E-state index in [1.165, 1.54) is 6.08 Å². The number of likely N-dealkylation sites (tertiary alicyclic amines) is 1. The molecule has 1 saturated heterocycles. The number of halogens is 6. The molecule has 0 saturated carbocycles. The maximum atomic E-state index is 13.5. The summed E-state index contributed by atoms with van der Waals surface area (Å²) in [5, 5.41) is 0. The minimum atomic E-state index is -5.64. The lowest BCUT2D eigenvalue weighted by atomic mass is 9.83. The van der Waals surface area contributed by atoms with Gasteiger partial charge in [-0.15, -0.1) is 0 Å². The van der Waals surface area contributed by atoms with Gasteiger partial charge in [0.15, 0.2) is 0 Å². The van der Waals surface area contributed by atoms with E-state index in [0.29, 0.717) is 0 Å². The number of hydrogen-bond acceptors (Lipinski definition) is 2. The molecule has 3 nitrogen and oxygen atoms in total. The maximum absolute atomic E-state index is 13.5. The van der Waals surface area contributed by atoms with Crippen molar-refractivity contribution < 1.29 is 31.1 Å². The van der Waals surface area contributed by atoms with Gasteiger partial charge in [-0.05, 0) is 18.6 Å². The Labute approximate surface area is 126 Å². The topological polar surface area (TPSA) is 33.2 Å². The molecule has 2 heterocycles. The van der Waals surface area contributed by atoms with Crippen molar-refractivity contribution in [2.75, 3.05) is 0 Å². The van der Waals surface area contributed by atoms with E-state index in [9.17, 15) is 31.1 Å². The molecular formula is C14H10F6N2O. The maximum Gasteiger partial charge on any atom is 0.421 e. The van der Waals surface area contributed by atoms with E-state index in [0.717, 1.165) is 30.6 Å². The molecule has 3 rings (SSSR count). The molecule has 2 atom stereocenters. The van der Waals surface area contributed by atoms with Gasteiger partial charge >= 0.3 is 12.4 Å². The van der Waals surface area contributed by atoms with Crippen molar-refractivity contribution in [1.82, 2.24) is 9.88 Å². The molecule has 0 N–H and O–H groups in total. The molecule has 0 unspecified atom stereocenters. The van der Waals surface area contributed by atoms with Gasteiger partial charge in [0.1, 0.15) is 0 Å². The first-order valence-electron chi connectivity index (χ1n) is 6.66. The first kappa shape index (κ1) is 15.8. The molecule has 1 aromatic rings. The molecule has 23 heavy (non-hydrogen) atoms. The zero-order chi connectivity index (χ0) is 17.0. The Hall–Kier alpha value is -2.06. The van der Waals surface area contributed by atoms with E-state index in [1.807, 2.05) is 0 Å². The average molecular weight is 336 g/mol. The summed E-state index contributed by atoms with van der Waals surface area (Å²) >= 11 is 0. The molecular weight excluding hydrogens is 326 g/mol. The van der Waals surface area contributed by atoms with Crippen molar-refractivity contribution >= 4 is 5.91 Å². The highest BCUT2D eigenvalue weighted by Crippen LogP contribution is 2.60. The van der Waals surface area contributed by atoms with Crippen molar-refractivity contribution in [3.8, 4) is 0 Å². The standard InChI is InChI=1S/C14H10F6N2O/c15-13(16,17)12(14(18,19)20)9-1-2-10(7-9)22(12)11(23)8-3-5-21-6-4-8/h1-6,9-10H,7H2/t9-,10-/m0/s1. The largest absolute Gasteiger partial charge is 0.421 e. The van der Waals surface area contributed by atoms with Crippen LogP contribution in [-0.4, -0.2) is 39.7 Å². The van der Waals surface area contributed by atoms with Crippen LogP contribution >= 0.6 is 0 Å². The van der Waals surface area contributed by atoms with Gasteiger partial charge in [-0.25, -0.2) is 0 Å². The number of rotatable bonds is 1. The van der Waals surface area contributed by atoms with Crippen LogP contribution in [-0.2, 0) is 0 Å². The Morgan fingerprint density at radius 2 is 1.65 bits per heavy atom. The van der Waals surface area contributed by atoms with E-state index in [2.05, 4.69) is 4.98 Å². The van der Waals surface area contributed by atoms with Crippen LogP contribution < -0.4 is 0 Å². The molecule has 1 aliphatic heterocycles. The number of alkyl halides is 6. The minimum absolute atomic E-state index is 0.0625. The number of carbonyl (C=O) groups excluding carboxylic acids is 1. The molecule has 124 valence electrons. The van der Waals surface area contributed by atoms with Crippen molar-refractivity contribution in [2.24, 2.45) is 5.92 Å². The van der Waals surface area contributed by atoms with Crippen LogP contribution in [0.15, 0.2) is 36.7 Å². The first-order chi connectivity index (χ1) is 10.6. The molecule has 0 spiro atoms. The van der Waals surface area contributed by atoms with Gasteiger partial charge in [-0.3, -0.25) is 9.78 Å². The smallest absolute Gasteiger partial charge is 0.309 e. The van der Waals surface area contributed by atoms with Crippen LogP contribution in [0.4, 0.5) is 26.3 Å². The van der Waals surface area contributed by atoms with Gasteiger partial charge in [-0.2, -0.15) is 26.3 Å². The summed E-state index contributed by atoms with van der Waals surface area (Å²) in [6.45, 7) is 0. The predicted octanol–water partition coefficient (Wildman–Crippen LogP) is 3.35. The number of pyridine rings is 1. The van der Waals surface area contributed by atoms with Gasteiger partial charge in [0.2, 0.25) is 5.54 Å². The molecule has 1 aliphatic carbocycles. The van der Waals surface area contributed by atoms with Crippen LogP contribution in [0, 0.1) is 5.92 Å². The molecule has 0 aromatic carbocycles. The van der Waals surface area contributed by atoms with Crippen LogP contribution in [0.2, 0.25) is 0 Å². The number of amides is 1. The van der Waals surface area contributed by atoms with Crippen molar-refractivity contribution in [3.05, 3.63) is 42.2 Å². The van der Waals surface area contributed by atoms with Gasteiger partial charge < -0.3 is 4.90 Å². The van der Waals surface area contributed by atoms with Gasteiger partial charge in [0, 0.05) is 23.9 Å². The molecule has 9 heteroatoms. The van der Waals surface area contributed by atoms with Crippen molar-refractivity contribution in [3.63, 3.8) is 0 Å². The number of hydrogen-bond donors (Lipinski definition) is 0. The van der Waals surface area contributed by atoms with E-state index in [4.69, 9.17) is 0 Å². The predicted molar refractivity (Wildman–Crippen MR) is 66.3 cm³/mol. The van der Waals surface area contributed by atoms with Gasteiger partial charge in [-0.1, -0.05) is 12.2 Å². The molecule has 1 fully saturated rings. The van der Waals surface area contributed by atoms with Gasteiger partial charge in [0.05, 0.1) is 6.04 Å². The third-order valence-corrected chi connectivity index (χ3v) is 4.32. The first-order valence-corrected chi connectivity index (χ1v) is 6.66. The summed E-state index contributed by atoms with van der Waals surface area (Å²) in [6, 6.07) is 0.953. The summed E-state index contributed by atoms with van der Waals surface area (Å²) in [7, 11) is 0. The van der Waals surface area contributed by atoms with Crippen molar-refractivity contribution in [2.45, 2.75) is 30.4 Å². The molecule has 2 bridgehead atoms. The molecule has 0 radical (unpaired) electrons. The lowest BCUT2D eigenvalue weighted by Crippen LogP contribution is -2.70. The molecule has 1 amide bonds. The minimum Gasteiger partial charge on any atom is -0.309 e. The Balaban J connectivity index is 2.18. The summed E-state index contributed by atoms with van der Waals surface area (Å²) in [5.41, 5.74) is -4.46. The summed E-state index contributed by atoms with van der Waals surface area (Å²) in [5.74, 6) is -3.14. The molecule has 1 aromatic heterocycles.